The van der Waals surface area contributed by atoms with Crippen molar-refractivity contribution in [1.82, 2.24) is 0 Å². The highest BCUT2D eigenvalue weighted by Crippen LogP contribution is 2.60. The van der Waals surface area contributed by atoms with Gasteiger partial charge in [-0.2, -0.15) is 0 Å². The van der Waals surface area contributed by atoms with Crippen LogP contribution in [0.4, 0.5) is 0 Å². The van der Waals surface area contributed by atoms with Gasteiger partial charge in [0, 0.05) is 9.84 Å². The molecule has 0 aromatic carbocycles. The highest BCUT2D eigenvalue weighted by molar-refractivity contribution is 14.1. The number of carbonyl (C=O) groups is 2. The monoisotopic (exact) mass is 308 g/mol. The van der Waals surface area contributed by atoms with E-state index in [-0.39, 0.29) is 23.3 Å². The van der Waals surface area contributed by atoms with Crippen molar-refractivity contribution in [2.24, 2.45) is 16.7 Å². The van der Waals surface area contributed by atoms with Gasteiger partial charge in [-0.3, -0.25) is 9.59 Å². The minimum Gasteiger partial charge on any atom is -0.392 e. The Labute approximate surface area is 96.7 Å². The summed E-state index contributed by atoms with van der Waals surface area (Å²) in [4.78, 5) is 23.2. The van der Waals surface area contributed by atoms with Crippen LogP contribution >= 0.6 is 22.6 Å². The van der Waals surface area contributed by atoms with E-state index in [0.717, 1.165) is 17.3 Å². The molecule has 1 saturated heterocycles. The lowest BCUT2D eigenvalue weighted by atomic mass is 9.64. The molecule has 0 spiro atoms. The molecule has 2 rings (SSSR count). The normalized spacial score (nSPS) is 46.6. The van der Waals surface area contributed by atoms with Crippen LogP contribution in [0.1, 0.15) is 26.7 Å². The topological polar surface area (TPSA) is 43.4 Å². The van der Waals surface area contributed by atoms with Gasteiger partial charge < -0.3 is 4.74 Å². The highest BCUT2D eigenvalue weighted by atomic mass is 127. The number of carbonyl (C=O) groups excluding carboxylic acids is 2. The van der Waals surface area contributed by atoms with Crippen LogP contribution in [0.15, 0.2) is 0 Å². The summed E-state index contributed by atoms with van der Waals surface area (Å²) >= 11 is 2.26. The third kappa shape index (κ3) is 0.978. The van der Waals surface area contributed by atoms with Crippen molar-refractivity contribution >= 4 is 34.5 Å². The average Bonchev–Trinajstić information content (AvgIpc) is 2.34. The predicted molar refractivity (Wildman–Crippen MR) is 58.9 cm³/mol. The molecule has 1 heterocycles. The molecular formula is C10H13IO3. The summed E-state index contributed by atoms with van der Waals surface area (Å²) in [5, 5.41) is 0. The Hall–Kier alpha value is -0.130. The molecule has 2 fully saturated rings. The summed E-state index contributed by atoms with van der Waals surface area (Å²) in [6.07, 6.45) is 1.57. The van der Waals surface area contributed by atoms with Crippen molar-refractivity contribution in [3.8, 4) is 0 Å². The van der Waals surface area contributed by atoms with Gasteiger partial charge in [0.05, 0.1) is 11.3 Å². The van der Waals surface area contributed by atoms with Crippen molar-refractivity contribution < 1.29 is 14.3 Å². The first kappa shape index (κ1) is 10.4. The van der Waals surface area contributed by atoms with Gasteiger partial charge in [0.2, 0.25) is 0 Å². The van der Waals surface area contributed by atoms with Crippen molar-refractivity contribution in [3.05, 3.63) is 0 Å². The number of ether oxygens (including phenoxy) is 1. The van der Waals surface area contributed by atoms with Gasteiger partial charge >= 0.3 is 11.9 Å². The molecule has 1 aliphatic heterocycles. The van der Waals surface area contributed by atoms with Gasteiger partial charge in [-0.15, -0.1) is 0 Å². The molecule has 4 heteroatoms. The highest BCUT2D eigenvalue weighted by Gasteiger charge is 2.65. The molecule has 0 N–H and O–H groups in total. The maximum Gasteiger partial charge on any atom is 0.320 e. The van der Waals surface area contributed by atoms with E-state index >= 15 is 0 Å². The lowest BCUT2D eigenvalue weighted by Gasteiger charge is -2.43. The first-order valence-corrected chi connectivity index (χ1v) is 6.30. The van der Waals surface area contributed by atoms with Gasteiger partial charge in [-0.05, 0) is 19.8 Å². The second kappa shape index (κ2) is 2.93. The number of hydrogen-bond acceptors (Lipinski definition) is 3. The van der Waals surface area contributed by atoms with Crippen LogP contribution in [0, 0.1) is 16.7 Å². The van der Waals surface area contributed by atoms with E-state index in [2.05, 4.69) is 22.6 Å². The second-order valence-corrected chi connectivity index (χ2v) is 5.45. The fourth-order valence-electron chi connectivity index (χ4n) is 2.65. The zero-order chi connectivity index (χ0) is 10.6. The first-order valence-electron chi connectivity index (χ1n) is 4.78. The molecule has 0 amide bonds. The minimum atomic E-state index is -0.452. The summed E-state index contributed by atoms with van der Waals surface area (Å²) in [6.45, 7) is 3.97. The number of rotatable bonds is 1. The van der Waals surface area contributed by atoms with E-state index in [9.17, 15) is 9.59 Å². The molecular weight excluding hydrogens is 295 g/mol. The van der Waals surface area contributed by atoms with Gasteiger partial charge in [0.15, 0.2) is 0 Å². The summed E-state index contributed by atoms with van der Waals surface area (Å²) in [5.41, 5.74) is -0.660. The molecule has 78 valence electrons. The smallest absolute Gasteiger partial charge is 0.320 e. The Morgan fingerprint density at radius 1 is 1.50 bits per heavy atom. The number of cyclic esters (lactones) is 2. The predicted octanol–water partition coefficient (Wildman–Crippen LogP) is 1.93. The number of alkyl halides is 1. The molecule has 0 unspecified atom stereocenters. The molecule has 1 saturated carbocycles. The van der Waals surface area contributed by atoms with Crippen molar-refractivity contribution in [3.63, 3.8) is 0 Å². The summed E-state index contributed by atoms with van der Waals surface area (Å²) in [7, 11) is 0. The summed E-state index contributed by atoms with van der Waals surface area (Å²) in [6, 6.07) is 0. The van der Waals surface area contributed by atoms with Crippen LogP contribution < -0.4 is 0 Å². The molecule has 0 aromatic rings. The number of esters is 2. The van der Waals surface area contributed by atoms with Crippen LogP contribution in [0.25, 0.3) is 0 Å². The fourth-order valence-corrected chi connectivity index (χ4v) is 4.02. The van der Waals surface area contributed by atoms with Gasteiger partial charge in [-0.25, -0.2) is 0 Å². The Balaban J connectivity index is 2.51. The minimum absolute atomic E-state index is 0.0814. The molecule has 3 nitrogen and oxygen atoms in total. The van der Waals surface area contributed by atoms with E-state index in [0.29, 0.717) is 0 Å². The molecule has 0 aromatic heterocycles. The van der Waals surface area contributed by atoms with Gasteiger partial charge in [0.25, 0.3) is 0 Å². The second-order valence-electron chi connectivity index (χ2n) is 4.68. The van der Waals surface area contributed by atoms with Gasteiger partial charge in [0.1, 0.15) is 0 Å². The van der Waals surface area contributed by atoms with E-state index in [1.807, 2.05) is 13.8 Å². The van der Waals surface area contributed by atoms with Crippen LogP contribution in [0.3, 0.4) is 0 Å². The summed E-state index contributed by atoms with van der Waals surface area (Å²) in [5.74, 6) is -0.721. The number of halogens is 1. The average molecular weight is 308 g/mol. The molecule has 1 aliphatic carbocycles. The zero-order valence-electron chi connectivity index (χ0n) is 8.30. The third-order valence-corrected chi connectivity index (χ3v) is 5.75. The molecule has 2 bridgehead atoms. The van der Waals surface area contributed by atoms with Crippen LogP contribution in [0.5, 0.6) is 0 Å². The first-order chi connectivity index (χ1) is 6.45. The Morgan fingerprint density at radius 2 is 2.14 bits per heavy atom. The van der Waals surface area contributed by atoms with E-state index in [1.165, 1.54) is 0 Å². The van der Waals surface area contributed by atoms with Crippen molar-refractivity contribution in [2.75, 3.05) is 4.43 Å². The maximum atomic E-state index is 11.7. The largest absolute Gasteiger partial charge is 0.392 e. The third-order valence-electron chi connectivity index (χ3n) is 4.17. The molecule has 0 radical (unpaired) electrons. The standard InChI is InChI=1S/C10H13IO3/c1-9-4-3-6(10(9,2)5-11)7(12)14-8(9)13/h6H,3-5H2,1-2H3/t6-,9-,10+/m0/s1. The molecule has 3 atom stereocenters. The van der Waals surface area contributed by atoms with Gasteiger partial charge in [-0.1, -0.05) is 29.5 Å². The van der Waals surface area contributed by atoms with E-state index < -0.39 is 5.41 Å². The fraction of sp³-hybridized carbons (Fsp3) is 0.800. The maximum absolute atomic E-state index is 11.7. The van der Waals surface area contributed by atoms with E-state index in [1.54, 1.807) is 0 Å². The van der Waals surface area contributed by atoms with E-state index in [4.69, 9.17) is 4.74 Å². The molecule has 14 heavy (non-hydrogen) atoms. The Kier molecular flexibility index (Phi) is 2.18. The molecule has 2 aliphatic rings. The summed E-state index contributed by atoms with van der Waals surface area (Å²) < 4.78 is 5.62. The van der Waals surface area contributed by atoms with Crippen LogP contribution in [-0.2, 0) is 14.3 Å². The van der Waals surface area contributed by atoms with Crippen molar-refractivity contribution in [1.29, 1.82) is 0 Å². The quantitative estimate of drug-likeness (QED) is 0.322. The Bertz CT molecular complexity index is 314. The van der Waals surface area contributed by atoms with Crippen molar-refractivity contribution in [2.45, 2.75) is 26.7 Å². The lowest BCUT2D eigenvalue weighted by molar-refractivity contribution is -0.184. The number of fused-ring (bicyclic) bond motifs is 2. The Morgan fingerprint density at radius 3 is 2.71 bits per heavy atom. The zero-order valence-corrected chi connectivity index (χ0v) is 10.5. The number of hydrogen-bond donors (Lipinski definition) is 0. The SMILES string of the molecule is C[C@]12CC[C@@H](C(=O)OC1=O)[C@@]2(C)CI. The lowest BCUT2D eigenvalue weighted by Crippen LogP contribution is -2.52. The van der Waals surface area contributed by atoms with Crippen LogP contribution in [0.2, 0.25) is 0 Å². The van der Waals surface area contributed by atoms with Crippen LogP contribution in [-0.4, -0.2) is 16.4 Å².